The van der Waals surface area contributed by atoms with Crippen molar-refractivity contribution in [3.8, 4) is 0 Å². The van der Waals surface area contributed by atoms with Gasteiger partial charge in [0.05, 0.1) is 12.1 Å². The van der Waals surface area contributed by atoms with E-state index in [1.54, 1.807) is 14.0 Å². The molecule has 2 aromatic rings. The molecule has 1 aliphatic heterocycles. The van der Waals surface area contributed by atoms with Crippen molar-refractivity contribution >= 4 is 23.6 Å². The van der Waals surface area contributed by atoms with Crippen molar-refractivity contribution in [3.63, 3.8) is 0 Å². The largest absolute Gasteiger partial charge is 0.352 e. The summed E-state index contributed by atoms with van der Waals surface area (Å²) in [6.45, 7) is 5.54. The second kappa shape index (κ2) is 14.6. The van der Waals surface area contributed by atoms with Gasteiger partial charge in [0.2, 0.25) is 17.7 Å². The molecule has 1 heterocycles. The Hall–Kier alpha value is -3.90. The van der Waals surface area contributed by atoms with Gasteiger partial charge in [0.25, 0.3) is 5.91 Å². The van der Waals surface area contributed by atoms with Gasteiger partial charge in [-0.05, 0) is 61.7 Å². The third kappa shape index (κ3) is 8.79. The first-order chi connectivity index (χ1) is 19.5. The molecule has 0 saturated carbocycles. The second-order valence-electron chi connectivity index (χ2n) is 10.4. The summed E-state index contributed by atoms with van der Waals surface area (Å²) in [5.74, 6) is -2.65. The maximum absolute atomic E-state index is 13.7. The van der Waals surface area contributed by atoms with Crippen LogP contribution in [-0.4, -0.2) is 66.9 Å². The van der Waals surface area contributed by atoms with Gasteiger partial charge in [-0.1, -0.05) is 38.1 Å². The zero-order valence-electron chi connectivity index (χ0n) is 23.7. The van der Waals surface area contributed by atoms with E-state index in [2.05, 4.69) is 26.7 Å². The van der Waals surface area contributed by atoms with E-state index in [1.807, 2.05) is 13.8 Å². The molecule has 5 N–H and O–H groups in total. The molecule has 1 aliphatic rings. The molecule has 3 rings (SSSR count). The van der Waals surface area contributed by atoms with Crippen LogP contribution in [-0.2, 0) is 19.2 Å². The summed E-state index contributed by atoms with van der Waals surface area (Å²) in [4.78, 5) is 52.2. The molecule has 1 saturated heterocycles. The van der Waals surface area contributed by atoms with Gasteiger partial charge in [-0.3, -0.25) is 24.2 Å². The SMILES string of the molecule is CN[C@H](C)C(=O)NC[C@H](NC(=O)CC(C)C)C(=O)N1NCC[C@H]1C(=O)NC(c1ccc(F)cc1)c1ccc(F)cc1. The van der Waals surface area contributed by atoms with E-state index < -0.39 is 47.6 Å². The second-order valence-corrected chi connectivity index (χ2v) is 10.4. The number of likely N-dealkylation sites (N-methyl/N-ethyl adjacent to an activating group) is 1. The molecule has 0 aromatic heterocycles. The van der Waals surface area contributed by atoms with E-state index in [1.165, 1.54) is 53.5 Å². The fourth-order valence-electron chi connectivity index (χ4n) is 4.43. The van der Waals surface area contributed by atoms with E-state index in [0.29, 0.717) is 17.7 Å². The molecule has 0 unspecified atom stereocenters. The monoisotopic (exact) mass is 572 g/mol. The lowest BCUT2D eigenvalue weighted by molar-refractivity contribution is -0.144. The van der Waals surface area contributed by atoms with Crippen molar-refractivity contribution in [1.82, 2.24) is 31.7 Å². The number of carbonyl (C=O) groups excluding carboxylic acids is 4. The summed E-state index contributed by atoms with van der Waals surface area (Å²) < 4.78 is 27.2. The standard InChI is InChI=1S/C29H38F2N6O4/c1-17(2)15-25(38)35-23(16-33-27(39)18(3)32-4)29(41)37-24(13-14-34-37)28(40)36-26(19-5-9-21(30)10-6-19)20-7-11-22(31)12-8-20/h5-12,17-18,23-24,26,32,34H,13-16H2,1-4H3,(H,33,39)(H,35,38)(H,36,40)/t18-,23+,24+/m1/s1. The summed E-state index contributed by atoms with van der Waals surface area (Å²) in [6, 6.07) is 7.81. The van der Waals surface area contributed by atoms with Crippen molar-refractivity contribution < 1.29 is 28.0 Å². The molecule has 3 atom stereocenters. The maximum atomic E-state index is 13.7. The number of benzene rings is 2. The highest BCUT2D eigenvalue weighted by molar-refractivity contribution is 5.93. The van der Waals surface area contributed by atoms with Crippen LogP contribution in [0.25, 0.3) is 0 Å². The first-order valence-corrected chi connectivity index (χ1v) is 13.6. The van der Waals surface area contributed by atoms with Gasteiger partial charge < -0.3 is 21.3 Å². The van der Waals surface area contributed by atoms with E-state index in [-0.39, 0.29) is 37.1 Å². The smallest absolute Gasteiger partial charge is 0.261 e. The van der Waals surface area contributed by atoms with Crippen LogP contribution in [0.15, 0.2) is 48.5 Å². The van der Waals surface area contributed by atoms with Crippen LogP contribution >= 0.6 is 0 Å². The third-order valence-electron chi connectivity index (χ3n) is 6.78. The van der Waals surface area contributed by atoms with Gasteiger partial charge in [-0.25, -0.2) is 14.2 Å². The predicted molar refractivity (Wildman–Crippen MR) is 149 cm³/mol. The Labute approximate surface area is 238 Å². The van der Waals surface area contributed by atoms with Crippen molar-refractivity contribution in [2.24, 2.45) is 5.92 Å². The molecular formula is C29H38F2N6O4. The van der Waals surface area contributed by atoms with Crippen molar-refractivity contribution in [2.75, 3.05) is 20.1 Å². The Balaban J connectivity index is 1.81. The van der Waals surface area contributed by atoms with E-state index in [4.69, 9.17) is 0 Å². The maximum Gasteiger partial charge on any atom is 0.261 e. The van der Waals surface area contributed by atoms with Crippen LogP contribution in [0.5, 0.6) is 0 Å². The topological polar surface area (TPSA) is 132 Å². The highest BCUT2D eigenvalue weighted by Crippen LogP contribution is 2.24. The zero-order chi connectivity index (χ0) is 30.1. The molecule has 12 heteroatoms. The van der Waals surface area contributed by atoms with Crippen LogP contribution in [0.2, 0.25) is 0 Å². The van der Waals surface area contributed by atoms with Gasteiger partial charge in [-0.15, -0.1) is 0 Å². The molecule has 222 valence electrons. The first-order valence-electron chi connectivity index (χ1n) is 13.6. The minimum atomic E-state index is -1.12. The number of nitrogens with one attached hydrogen (secondary N) is 5. The fourth-order valence-corrected chi connectivity index (χ4v) is 4.43. The average Bonchev–Trinajstić information content (AvgIpc) is 3.44. The summed E-state index contributed by atoms with van der Waals surface area (Å²) in [7, 11) is 1.62. The average molecular weight is 573 g/mol. The lowest BCUT2D eigenvalue weighted by atomic mass is 9.98. The number of amides is 4. The highest BCUT2D eigenvalue weighted by atomic mass is 19.1. The van der Waals surface area contributed by atoms with E-state index in [0.717, 1.165) is 0 Å². The van der Waals surface area contributed by atoms with Gasteiger partial charge in [0, 0.05) is 19.5 Å². The minimum absolute atomic E-state index is 0.0444. The number of carbonyl (C=O) groups is 4. The van der Waals surface area contributed by atoms with Gasteiger partial charge in [0.1, 0.15) is 23.7 Å². The molecular weight excluding hydrogens is 534 g/mol. The molecule has 0 radical (unpaired) electrons. The van der Waals surface area contributed by atoms with E-state index >= 15 is 0 Å². The zero-order valence-corrected chi connectivity index (χ0v) is 23.7. The summed E-state index contributed by atoms with van der Waals surface area (Å²) in [5.41, 5.74) is 4.05. The number of hydrogen-bond acceptors (Lipinski definition) is 6. The van der Waals surface area contributed by atoms with Gasteiger partial charge in [0.15, 0.2) is 0 Å². The molecule has 1 fully saturated rings. The Bertz CT molecular complexity index is 1160. The van der Waals surface area contributed by atoms with Crippen molar-refractivity contribution in [3.05, 3.63) is 71.3 Å². The quantitative estimate of drug-likeness (QED) is 0.262. The van der Waals surface area contributed by atoms with Crippen LogP contribution < -0.4 is 26.7 Å². The number of halogens is 2. The molecule has 10 nitrogen and oxygen atoms in total. The van der Waals surface area contributed by atoms with Crippen molar-refractivity contribution in [1.29, 1.82) is 0 Å². The summed E-state index contributed by atoms with van der Waals surface area (Å²) in [5, 5.41) is 12.3. The molecule has 0 bridgehead atoms. The van der Waals surface area contributed by atoms with E-state index in [9.17, 15) is 28.0 Å². The van der Waals surface area contributed by atoms with Crippen molar-refractivity contribution in [2.45, 2.75) is 57.8 Å². The van der Waals surface area contributed by atoms with Gasteiger partial charge in [-0.2, -0.15) is 0 Å². The van der Waals surface area contributed by atoms with Crippen LogP contribution in [0.1, 0.15) is 50.8 Å². The molecule has 4 amide bonds. The molecule has 2 aromatic carbocycles. The Morgan fingerprint density at radius 3 is 2.00 bits per heavy atom. The lowest BCUT2D eigenvalue weighted by Gasteiger charge is -2.30. The normalized spacial score (nSPS) is 16.4. The highest BCUT2D eigenvalue weighted by Gasteiger charge is 2.39. The molecule has 0 spiro atoms. The number of hydrogen-bond donors (Lipinski definition) is 5. The van der Waals surface area contributed by atoms with Crippen LogP contribution in [0.3, 0.4) is 0 Å². The fraction of sp³-hybridized carbons (Fsp3) is 0.448. The Morgan fingerprint density at radius 2 is 1.49 bits per heavy atom. The van der Waals surface area contributed by atoms with Crippen LogP contribution in [0, 0.1) is 17.6 Å². The lowest BCUT2D eigenvalue weighted by Crippen LogP contribution is -2.60. The van der Waals surface area contributed by atoms with Crippen LogP contribution in [0.4, 0.5) is 8.78 Å². The number of hydrazine groups is 1. The molecule has 41 heavy (non-hydrogen) atoms. The Morgan fingerprint density at radius 1 is 0.927 bits per heavy atom. The van der Waals surface area contributed by atoms with Gasteiger partial charge >= 0.3 is 0 Å². The Kier molecular flexibility index (Phi) is 11.3. The summed E-state index contributed by atoms with van der Waals surface area (Å²) >= 11 is 0. The number of rotatable bonds is 12. The minimum Gasteiger partial charge on any atom is -0.352 e. The predicted octanol–water partition coefficient (Wildman–Crippen LogP) is 1.53. The molecule has 0 aliphatic carbocycles. The summed E-state index contributed by atoms with van der Waals surface area (Å²) in [6.07, 6.45) is 0.464. The first kappa shape index (κ1) is 31.6. The number of nitrogens with zero attached hydrogens (tertiary/aromatic N) is 1. The third-order valence-corrected chi connectivity index (χ3v) is 6.78.